The topological polar surface area (TPSA) is 0 Å². The van der Waals surface area contributed by atoms with E-state index in [1.165, 1.54) is 38.9 Å². The molecule has 0 unspecified atom stereocenters. The first-order valence-electron chi connectivity index (χ1n) is 8.14. The van der Waals surface area contributed by atoms with Crippen LogP contribution in [0.1, 0.15) is 27.8 Å². The minimum absolute atomic E-state index is 1.28. The zero-order chi connectivity index (χ0) is 16.8. The van der Waals surface area contributed by atoms with Gasteiger partial charge in [-0.3, -0.25) is 0 Å². The van der Waals surface area contributed by atoms with Crippen LogP contribution in [0.25, 0.3) is 11.1 Å². The lowest BCUT2D eigenvalue weighted by Gasteiger charge is -2.04. The van der Waals surface area contributed by atoms with Gasteiger partial charge in [-0.1, -0.05) is 77.9 Å². The van der Waals surface area contributed by atoms with Crippen molar-refractivity contribution in [2.24, 2.45) is 0 Å². The monoisotopic (exact) mass is 302 g/mol. The quantitative estimate of drug-likeness (QED) is 0.476. The zero-order valence-electron chi connectivity index (χ0n) is 14.9. The molecule has 0 atom stereocenters. The van der Waals surface area contributed by atoms with Gasteiger partial charge >= 0.3 is 0 Å². The van der Waals surface area contributed by atoms with E-state index in [1.807, 2.05) is 6.07 Å². The smallest absolute Gasteiger partial charge is 0.0184 e. The first-order chi connectivity index (χ1) is 11.0. The van der Waals surface area contributed by atoms with Crippen molar-refractivity contribution in [2.75, 3.05) is 0 Å². The van der Waals surface area contributed by atoms with E-state index in [2.05, 4.69) is 95.3 Å². The highest BCUT2D eigenvalue weighted by Gasteiger charge is 1.96. The number of hydrogen-bond donors (Lipinski definition) is 0. The summed E-state index contributed by atoms with van der Waals surface area (Å²) in [6, 6.07) is 23.5. The average molecular weight is 302 g/mol. The number of aryl methyl sites for hydroxylation is 4. The van der Waals surface area contributed by atoms with Crippen molar-refractivity contribution in [1.29, 1.82) is 0 Å². The summed E-state index contributed by atoms with van der Waals surface area (Å²) in [5.41, 5.74) is 9.45. The Labute approximate surface area is 140 Å². The van der Waals surface area contributed by atoms with Crippen LogP contribution in [0.4, 0.5) is 0 Å². The lowest BCUT2D eigenvalue weighted by molar-refractivity contribution is 1.23. The number of rotatable bonds is 1. The van der Waals surface area contributed by atoms with Gasteiger partial charge in [-0.05, 0) is 62.4 Å². The Hall–Kier alpha value is -2.34. The molecule has 3 aromatic carbocycles. The Morgan fingerprint density at radius 2 is 0.957 bits per heavy atom. The van der Waals surface area contributed by atoms with Crippen LogP contribution in [0, 0.1) is 34.6 Å². The molecule has 0 amide bonds. The molecule has 0 nitrogen and oxygen atoms in total. The molecule has 0 aliphatic carbocycles. The molecule has 0 N–H and O–H groups in total. The fourth-order valence-electron chi connectivity index (χ4n) is 2.63. The number of hydrogen-bond acceptors (Lipinski definition) is 0. The second-order valence-corrected chi connectivity index (χ2v) is 6.26. The Morgan fingerprint density at radius 3 is 1.48 bits per heavy atom. The van der Waals surface area contributed by atoms with Crippen LogP contribution in [0.3, 0.4) is 0 Å². The maximum atomic E-state index is 2.22. The van der Waals surface area contributed by atoms with Crippen molar-refractivity contribution in [2.45, 2.75) is 34.6 Å². The molecule has 0 aliphatic rings. The summed E-state index contributed by atoms with van der Waals surface area (Å²) in [6.07, 6.45) is 0. The fourth-order valence-corrected chi connectivity index (χ4v) is 2.63. The van der Waals surface area contributed by atoms with Gasteiger partial charge < -0.3 is 0 Å². The van der Waals surface area contributed by atoms with Crippen molar-refractivity contribution in [3.63, 3.8) is 0 Å². The van der Waals surface area contributed by atoms with Crippen LogP contribution in [0.5, 0.6) is 0 Å². The SMILES string of the molecule is Cc1cc(C)c(C)c(C)c1.Cc1ccc(-c2ccccc2)cc1. The minimum Gasteiger partial charge on any atom is -0.0622 e. The second kappa shape index (κ2) is 7.78. The van der Waals surface area contributed by atoms with Gasteiger partial charge in [0.15, 0.2) is 0 Å². The highest BCUT2D eigenvalue weighted by Crippen LogP contribution is 2.18. The van der Waals surface area contributed by atoms with Gasteiger partial charge in [0.25, 0.3) is 0 Å². The van der Waals surface area contributed by atoms with Crippen molar-refractivity contribution < 1.29 is 0 Å². The Bertz CT molecular complexity index is 727. The van der Waals surface area contributed by atoms with Gasteiger partial charge in [0.1, 0.15) is 0 Å². The summed E-state index contributed by atoms with van der Waals surface area (Å²) in [4.78, 5) is 0. The van der Waals surface area contributed by atoms with E-state index < -0.39 is 0 Å². The molecule has 0 spiro atoms. The first kappa shape index (κ1) is 17.0. The summed E-state index contributed by atoms with van der Waals surface area (Å²) in [7, 11) is 0. The molecule has 0 heteroatoms. The summed E-state index contributed by atoms with van der Waals surface area (Å²) in [5.74, 6) is 0. The summed E-state index contributed by atoms with van der Waals surface area (Å²) < 4.78 is 0. The van der Waals surface area contributed by atoms with Gasteiger partial charge in [0.05, 0.1) is 0 Å². The van der Waals surface area contributed by atoms with Crippen molar-refractivity contribution in [1.82, 2.24) is 0 Å². The molecule has 3 aromatic rings. The third-order valence-electron chi connectivity index (χ3n) is 4.23. The van der Waals surface area contributed by atoms with Gasteiger partial charge in [0, 0.05) is 0 Å². The third-order valence-corrected chi connectivity index (χ3v) is 4.23. The molecule has 3 rings (SSSR count). The second-order valence-electron chi connectivity index (χ2n) is 6.26. The van der Waals surface area contributed by atoms with Crippen molar-refractivity contribution in [3.05, 3.63) is 94.5 Å². The van der Waals surface area contributed by atoms with Crippen LogP contribution in [-0.2, 0) is 0 Å². The van der Waals surface area contributed by atoms with Crippen LogP contribution in [0.2, 0.25) is 0 Å². The lowest BCUT2D eigenvalue weighted by Crippen LogP contribution is -1.86. The van der Waals surface area contributed by atoms with Crippen LogP contribution >= 0.6 is 0 Å². The van der Waals surface area contributed by atoms with E-state index in [0.29, 0.717) is 0 Å². The molecule has 0 heterocycles. The summed E-state index contributed by atoms with van der Waals surface area (Å²) >= 11 is 0. The van der Waals surface area contributed by atoms with Gasteiger partial charge in [-0.2, -0.15) is 0 Å². The molecule has 118 valence electrons. The van der Waals surface area contributed by atoms with E-state index in [4.69, 9.17) is 0 Å². The Balaban J connectivity index is 0.000000174. The molecular formula is C23H26. The summed E-state index contributed by atoms with van der Waals surface area (Å²) in [5, 5.41) is 0. The standard InChI is InChI=1S/C13H12.C10H14/c1-11-7-9-13(10-8-11)12-5-3-2-4-6-12;1-7-5-8(2)10(4)9(3)6-7/h2-10H,1H3;5-6H,1-4H3. The highest BCUT2D eigenvalue weighted by molar-refractivity contribution is 5.63. The Morgan fingerprint density at radius 1 is 0.478 bits per heavy atom. The molecule has 0 fully saturated rings. The molecule has 0 aliphatic heterocycles. The predicted molar refractivity (Wildman–Crippen MR) is 102 cm³/mol. The zero-order valence-corrected chi connectivity index (χ0v) is 14.9. The first-order valence-corrected chi connectivity index (χ1v) is 8.14. The van der Waals surface area contributed by atoms with Gasteiger partial charge in [0.2, 0.25) is 0 Å². The minimum atomic E-state index is 1.28. The molecule has 0 bridgehead atoms. The van der Waals surface area contributed by atoms with Crippen molar-refractivity contribution >= 4 is 0 Å². The average Bonchev–Trinajstić information content (AvgIpc) is 2.55. The van der Waals surface area contributed by atoms with Gasteiger partial charge in [-0.25, -0.2) is 0 Å². The summed E-state index contributed by atoms with van der Waals surface area (Å²) in [6.45, 7) is 10.7. The van der Waals surface area contributed by atoms with E-state index >= 15 is 0 Å². The highest BCUT2D eigenvalue weighted by atomic mass is 14.0. The molecular weight excluding hydrogens is 276 g/mol. The van der Waals surface area contributed by atoms with Crippen molar-refractivity contribution in [3.8, 4) is 11.1 Å². The largest absolute Gasteiger partial charge is 0.0622 e. The molecule has 23 heavy (non-hydrogen) atoms. The fraction of sp³-hybridized carbons (Fsp3) is 0.217. The normalized spacial score (nSPS) is 9.96. The Kier molecular flexibility index (Phi) is 5.76. The number of benzene rings is 3. The predicted octanol–water partition coefficient (Wildman–Crippen LogP) is 6.58. The maximum absolute atomic E-state index is 2.22. The molecule has 0 saturated carbocycles. The van der Waals surface area contributed by atoms with Crippen LogP contribution in [0.15, 0.2) is 66.7 Å². The van der Waals surface area contributed by atoms with Gasteiger partial charge in [-0.15, -0.1) is 0 Å². The van der Waals surface area contributed by atoms with E-state index in [1.54, 1.807) is 0 Å². The maximum Gasteiger partial charge on any atom is -0.0184 e. The van der Waals surface area contributed by atoms with E-state index in [0.717, 1.165) is 0 Å². The molecule has 0 radical (unpaired) electrons. The third kappa shape index (κ3) is 4.82. The van der Waals surface area contributed by atoms with Crippen LogP contribution in [-0.4, -0.2) is 0 Å². The lowest BCUT2D eigenvalue weighted by atomic mass is 10.0. The van der Waals surface area contributed by atoms with E-state index in [9.17, 15) is 0 Å². The van der Waals surface area contributed by atoms with Crippen LogP contribution < -0.4 is 0 Å². The molecule has 0 saturated heterocycles. The molecule has 0 aromatic heterocycles. The van der Waals surface area contributed by atoms with E-state index in [-0.39, 0.29) is 0 Å².